The number of imide groups is 1. The molecule has 3 amide bonds. The molecule has 0 saturated carbocycles. The van der Waals surface area contributed by atoms with Crippen LogP contribution in [0.1, 0.15) is 23.1 Å². The summed E-state index contributed by atoms with van der Waals surface area (Å²) in [5.74, 6) is 1.35. The molecular formula is C14H20N2O2S. The van der Waals surface area contributed by atoms with Crippen molar-refractivity contribution in [2.24, 2.45) is 0 Å². The van der Waals surface area contributed by atoms with E-state index in [0.717, 1.165) is 5.75 Å². The largest absolute Gasteiger partial charge is 0.341 e. The summed E-state index contributed by atoms with van der Waals surface area (Å²) in [6.45, 7) is 4.16. The minimum absolute atomic E-state index is 0.243. The van der Waals surface area contributed by atoms with Crippen LogP contribution in [0.5, 0.6) is 0 Å². The molecule has 0 aromatic heterocycles. The van der Waals surface area contributed by atoms with Gasteiger partial charge in [-0.1, -0.05) is 23.8 Å². The lowest BCUT2D eigenvalue weighted by Gasteiger charge is -2.07. The number of amides is 3. The molecule has 4 nitrogen and oxygen atoms in total. The van der Waals surface area contributed by atoms with E-state index in [4.69, 9.17) is 0 Å². The Morgan fingerprint density at radius 3 is 2.68 bits per heavy atom. The Morgan fingerprint density at radius 1 is 1.26 bits per heavy atom. The first kappa shape index (κ1) is 15.6. The van der Waals surface area contributed by atoms with Gasteiger partial charge in [-0.15, -0.1) is 0 Å². The molecule has 0 aliphatic carbocycles. The first-order valence-corrected chi connectivity index (χ1v) is 7.34. The highest BCUT2D eigenvalue weighted by Crippen LogP contribution is 2.18. The smallest absolute Gasteiger partial charge is 0.321 e. The first-order valence-electron chi connectivity index (χ1n) is 6.18. The molecule has 5 heteroatoms. The standard InChI is InChI=1S/C14H20N2O2S/c1-10-4-5-11(2)12(8-10)9-19-7-6-13(17)16-14(18)15-3/h4-5,8H,6-7,9H2,1-3H3,(H2,15,16,17,18). The Kier molecular flexibility index (Phi) is 6.42. The maximum absolute atomic E-state index is 11.4. The Bertz CT molecular complexity index is 461. The molecule has 0 spiro atoms. The van der Waals surface area contributed by atoms with Crippen LogP contribution in [0.25, 0.3) is 0 Å². The van der Waals surface area contributed by atoms with Gasteiger partial charge in [-0.2, -0.15) is 11.8 Å². The third kappa shape index (κ3) is 5.79. The number of aryl methyl sites for hydroxylation is 2. The van der Waals surface area contributed by atoms with Crippen LogP contribution in [-0.2, 0) is 10.5 Å². The van der Waals surface area contributed by atoms with Crippen molar-refractivity contribution < 1.29 is 9.59 Å². The highest BCUT2D eigenvalue weighted by Gasteiger charge is 2.06. The maximum Gasteiger partial charge on any atom is 0.321 e. The topological polar surface area (TPSA) is 58.2 Å². The van der Waals surface area contributed by atoms with Crippen molar-refractivity contribution in [2.75, 3.05) is 12.8 Å². The molecule has 0 unspecified atom stereocenters. The normalized spacial score (nSPS) is 10.1. The summed E-state index contributed by atoms with van der Waals surface area (Å²) in [5.41, 5.74) is 3.82. The van der Waals surface area contributed by atoms with Gasteiger partial charge in [-0.3, -0.25) is 10.1 Å². The van der Waals surface area contributed by atoms with E-state index in [2.05, 4.69) is 42.7 Å². The van der Waals surface area contributed by atoms with Crippen LogP contribution < -0.4 is 10.6 Å². The fraction of sp³-hybridized carbons (Fsp3) is 0.429. The molecule has 0 aliphatic heterocycles. The van der Waals surface area contributed by atoms with Gasteiger partial charge < -0.3 is 5.32 Å². The van der Waals surface area contributed by atoms with E-state index >= 15 is 0 Å². The number of carbonyl (C=O) groups excluding carboxylic acids is 2. The van der Waals surface area contributed by atoms with E-state index in [1.807, 2.05) is 0 Å². The van der Waals surface area contributed by atoms with Gasteiger partial charge in [0, 0.05) is 25.0 Å². The minimum atomic E-state index is -0.454. The van der Waals surface area contributed by atoms with Crippen molar-refractivity contribution in [3.05, 3.63) is 34.9 Å². The van der Waals surface area contributed by atoms with E-state index in [-0.39, 0.29) is 5.91 Å². The lowest BCUT2D eigenvalue weighted by molar-refractivity contribution is -0.119. The fourth-order valence-corrected chi connectivity index (χ4v) is 2.56. The maximum atomic E-state index is 11.4. The Balaban J connectivity index is 2.29. The number of hydrogen-bond acceptors (Lipinski definition) is 3. The average Bonchev–Trinajstić information content (AvgIpc) is 2.38. The molecule has 0 atom stereocenters. The third-order valence-corrected chi connectivity index (χ3v) is 3.72. The van der Waals surface area contributed by atoms with E-state index in [0.29, 0.717) is 12.2 Å². The summed E-state index contributed by atoms with van der Waals surface area (Å²) < 4.78 is 0. The molecule has 0 saturated heterocycles. The number of rotatable bonds is 5. The van der Waals surface area contributed by atoms with Gasteiger partial charge in [0.2, 0.25) is 5.91 Å². The van der Waals surface area contributed by atoms with Crippen LogP contribution in [0.2, 0.25) is 0 Å². The SMILES string of the molecule is CNC(=O)NC(=O)CCSCc1cc(C)ccc1C. The number of hydrogen-bond donors (Lipinski definition) is 2. The quantitative estimate of drug-likeness (QED) is 0.814. The predicted octanol–water partition coefficient (Wildman–Crippen LogP) is 2.38. The van der Waals surface area contributed by atoms with Crippen LogP contribution in [-0.4, -0.2) is 24.7 Å². The Labute approximate surface area is 118 Å². The van der Waals surface area contributed by atoms with E-state index in [9.17, 15) is 9.59 Å². The third-order valence-electron chi connectivity index (χ3n) is 2.72. The number of nitrogens with one attached hydrogen (secondary N) is 2. The summed E-state index contributed by atoms with van der Waals surface area (Å²) >= 11 is 1.70. The van der Waals surface area contributed by atoms with Gasteiger partial charge in [0.1, 0.15) is 0 Å². The van der Waals surface area contributed by atoms with Crippen LogP contribution >= 0.6 is 11.8 Å². The number of carbonyl (C=O) groups is 2. The molecular weight excluding hydrogens is 260 g/mol. The molecule has 19 heavy (non-hydrogen) atoms. The molecule has 1 rings (SSSR count). The van der Waals surface area contributed by atoms with Crippen LogP contribution in [0.4, 0.5) is 4.79 Å². The first-order chi connectivity index (χ1) is 9.02. The molecule has 0 radical (unpaired) electrons. The van der Waals surface area contributed by atoms with Gasteiger partial charge in [-0.05, 0) is 25.0 Å². The molecule has 0 aliphatic rings. The summed E-state index contributed by atoms with van der Waals surface area (Å²) in [5, 5.41) is 4.59. The van der Waals surface area contributed by atoms with Gasteiger partial charge in [0.25, 0.3) is 0 Å². The molecule has 0 bridgehead atoms. The predicted molar refractivity (Wildman–Crippen MR) is 79.3 cm³/mol. The molecule has 0 fully saturated rings. The number of benzene rings is 1. The van der Waals surface area contributed by atoms with Crippen molar-refractivity contribution in [1.29, 1.82) is 0 Å². The van der Waals surface area contributed by atoms with E-state index in [1.165, 1.54) is 23.7 Å². The van der Waals surface area contributed by atoms with Gasteiger partial charge in [-0.25, -0.2) is 4.79 Å². The van der Waals surface area contributed by atoms with Crippen molar-refractivity contribution in [1.82, 2.24) is 10.6 Å². The summed E-state index contributed by atoms with van der Waals surface area (Å²) in [6, 6.07) is 5.93. The van der Waals surface area contributed by atoms with Gasteiger partial charge in [0.15, 0.2) is 0 Å². The van der Waals surface area contributed by atoms with Gasteiger partial charge >= 0.3 is 6.03 Å². The Hall–Kier alpha value is -1.49. The van der Waals surface area contributed by atoms with Gasteiger partial charge in [0.05, 0.1) is 0 Å². The molecule has 1 aromatic carbocycles. The van der Waals surface area contributed by atoms with E-state index < -0.39 is 6.03 Å². The van der Waals surface area contributed by atoms with Crippen molar-refractivity contribution >= 4 is 23.7 Å². The monoisotopic (exact) mass is 280 g/mol. The molecule has 0 heterocycles. The molecule has 1 aromatic rings. The van der Waals surface area contributed by atoms with Crippen LogP contribution in [0.15, 0.2) is 18.2 Å². The summed E-state index contributed by atoms with van der Waals surface area (Å²) in [6.07, 6.45) is 0.350. The number of thioether (sulfide) groups is 1. The zero-order valence-electron chi connectivity index (χ0n) is 11.6. The highest BCUT2D eigenvalue weighted by atomic mass is 32.2. The van der Waals surface area contributed by atoms with Crippen molar-refractivity contribution in [3.8, 4) is 0 Å². The fourth-order valence-electron chi connectivity index (χ4n) is 1.55. The second-order valence-electron chi connectivity index (χ2n) is 4.36. The van der Waals surface area contributed by atoms with Crippen molar-refractivity contribution in [3.63, 3.8) is 0 Å². The lowest BCUT2D eigenvalue weighted by Crippen LogP contribution is -2.37. The zero-order chi connectivity index (χ0) is 14.3. The zero-order valence-corrected chi connectivity index (χ0v) is 12.4. The average molecular weight is 280 g/mol. The minimum Gasteiger partial charge on any atom is -0.341 e. The van der Waals surface area contributed by atoms with Crippen LogP contribution in [0.3, 0.4) is 0 Å². The summed E-state index contributed by atoms with van der Waals surface area (Å²) in [7, 11) is 1.48. The Morgan fingerprint density at radius 2 is 2.00 bits per heavy atom. The number of urea groups is 1. The second-order valence-corrected chi connectivity index (χ2v) is 5.46. The molecule has 104 valence electrons. The lowest BCUT2D eigenvalue weighted by atomic mass is 10.1. The van der Waals surface area contributed by atoms with Crippen LogP contribution in [0, 0.1) is 13.8 Å². The van der Waals surface area contributed by atoms with E-state index in [1.54, 1.807) is 11.8 Å². The van der Waals surface area contributed by atoms with Crippen molar-refractivity contribution in [2.45, 2.75) is 26.0 Å². The molecule has 2 N–H and O–H groups in total. The summed E-state index contributed by atoms with van der Waals surface area (Å²) in [4.78, 5) is 22.3. The second kappa shape index (κ2) is 7.84. The highest BCUT2D eigenvalue weighted by molar-refractivity contribution is 7.98.